The summed E-state index contributed by atoms with van der Waals surface area (Å²) in [4.78, 5) is 12.7. The summed E-state index contributed by atoms with van der Waals surface area (Å²) in [5, 5.41) is 10.8. The Bertz CT molecular complexity index is 851. The molecule has 0 aliphatic carbocycles. The SMILES string of the molecule is CCOC(=O)C(Nc1ccc(C(=N)N)cc1)c1ccc(OC(C)C)c(C(C)C)c1.Cl. The van der Waals surface area contributed by atoms with Crippen LogP contribution in [0.5, 0.6) is 5.75 Å². The summed E-state index contributed by atoms with van der Waals surface area (Å²) in [5.74, 6) is 0.713. The molecule has 2 rings (SSSR count). The molecule has 0 aliphatic rings. The number of hydrogen-bond donors (Lipinski definition) is 3. The molecule has 2 aromatic carbocycles. The van der Waals surface area contributed by atoms with Crippen molar-refractivity contribution in [2.75, 3.05) is 11.9 Å². The number of nitrogen functional groups attached to an aromatic ring is 1. The molecule has 0 amide bonds. The van der Waals surface area contributed by atoms with Crippen LogP contribution in [0.3, 0.4) is 0 Å². The minimum atomic E-state index is -0.663. The number of rotatable bonds is 9. The Balaban J connectivity index is 0.00000450. The molecule has 2 aromatic rings. The zero-order valence-electron chi connectivity index (χ0n) is 18.2. The lowest BCUT2D eigenvalue weighted by Crippen LogP contribution is -2.24. The molecule has 6 nitrogen and oxygen atoms in total. The minimum absolute atomic E-state index is 0. The highest BCUT2D eigenvalue weighted by atomic mass is 35.5. The van der Waals surface area contributed by atoms with Gasteiger partial charge in [-0.3, -0.25) is 5.41 Å². The van der Waals surface area contributed by atoms with Crippen LogP contribution in [0.4, 0.5) is 5.69 Å². The first-order chi connectivity index (χ1) is 13.7. The predicted octanol–water partition coefficient (Wildman–Crippen LogP) is 5.02. The fourth-order valence-corrected chi connectivity index (χ4v) is 2.98. The number of ether oxygens (including phenoxy) is 2. The molecule has 0 radical (unpaired) electrons. The Labute approximate surface area is 185 Å². The van der Waals surface area contributed by atoms with E-state index in [2.05, 4.69) is 19.2 Å². The number of carbonyl (C=O) groups is 1. The number of anilines is 1. The number of nitrogens with two attached hydrogens (primary N) is 1. The number of amidine groups is 1. The van der Waals surface area contributed by atoms with Gasteiger partial charge in [0.25, 0.3) is 0 Å². The van der Waals surface area contributed by atoms with E-state index < -0.39 is 6.04 Å². The summed E-state index contributed by atoms with van der Waals surface area (Å²) in [7, 11) is 0. The summed E-state index contributed by atoms with van der Waals surface area (Å²) in [5.41, 5.74) is 8.72. The van der Waals surface area contributed by atoms with Crippen LogP contribution in [0.1, 0.15) is 63.3 Å². The van der Waals surface area contributed by atoms with Crippen molar-refractivity contribution in [2.24, 2.45) is 5.73 Å². The van der Waals surface area contributed by atoms with Gasteiger partial charge in [-0.15, -0.1) is 12.4 Å². The molecule has 0 bridgehead atoms. The van der Waals surface area contributed by atoms with Gasteiger partial charge in [0.15, 0.2) is 6.04 Å². The Morgan fingerprint density at radius 3 is 2.23 bits per heavy atom. The van der Waals surface area contributed by atoms with Crippen molar-refractivity contribution in [1.29, 1.82) is 5.41 Å². The van der Waals surface area contributed by atoms with Gasteiger partial charge in [0.2, 0.25) is 0 Å². The van der Waals surface area contributed by atoms with Gasteiger partial charge in [-0.1, -0.05) is 19.9 Å². The number of carbonyl (C=O) groups excluding carboxylic acids is 1. The lowest BCUT2D eigenvalue weighted by atomic mass is 9.96. The molecular formula is C23H32ClN3O3. The first kappa shape index (κ1) is 25.3. The molecule has 0 aliphatic heterocycles. The zero-order chi connectivity index (χ0) is 21.6. The van der Waals surface area contributed by atoms with E-state index in [1.54, 1.807) is 31.2 Å². The van der Waals surface area contributed by atoms with Gasteiger partial charge in [0, 0.05) is 11.3 Å². The second kappa shape index (κ2) is 11.5. The zero-order valence-corrected chi connectivity index (χ0v) is 19.0. The molecule has 1 atom stereocenters. The predicted molar refractivity (Wildman–Crippen MR) is 124 cm³/mol. The van der Waals surface area contributed by atoms with Crippen LogP contribution in [-0.4, -0.2) is 24.5 Å². The standard InChI is InChI=1S/C23H31N3O3.ClH/c1-6-28-23(27)21(26-18-10-7-16(8-11-18)22(24)25)17-9-12-20(29-15(4)5)19(13-17)14(2)3;/h7-15,21,26H,6H2,1-5H3,(H3,24,25);1H. The first-order valence-electron chi connectivity index (χ1n) is 9.91. The van der Waals surface area contributed by atoms with E-state index in [-0.39, 0.29) is 36.2 Å². The minimum Gasteiger partial charge on any atom is -0.491 e. The molecule has 0 spiro atoms. The maximum atomic E-state index is 12.7. The van der Waals surface area contributed by atoms with Crippen molar-refractivity contribution >= 4 is 29.9 Å². The number of esters is 1. The van der Waals surface area contributed by atoms with Crippen LogP contribution in [-0.2, 0) is 9.53 Å². The molecule has 164 valence electrons. The van der Waals surface area contributed by atoms with Gasteiger partial charge in [0.05, 0.1) is 12.7 Å². The second-order valence-corrected chi connectivity index (χ2v) is 7.44. The molecule has 4 N–H and O–H groups in total. The topological polar surface area (TPSA) is 97.4 Å². The average molecular weight is 434 g/mol. The maximum Gasteiger partial charge on any atom is 0.333 e. The van der Waals surface area contributed by atoms with Crippen LogP contribution in [0.2, 0.25) is 0 Å². The molecule has 0 aromatic heterocycles. The second-order valence-electron chi connectivity index (χ2n) is 7.44. The Hall–Kier alpha value is -2.73. The van der Waals surface area contributed by atoms with Gasteiger partial charge in [-0.25, -0.2) is 4.79 Å². The normalized spacial score (nSPS) is 11.6. The lowest BCUT2D eigenvalue weighted by molar-refractivity contribution is -0.144. The van der Waals surface area contributed by atoms with E-state index in [1.165, 1.54) is 0 Å². The molecule has 0 saturated heterocycles. The number of halogens is 1. The highest BCUT2D eigenvalue weighted by Crippen LogP contribution is 2.32. The van der Waals surface area contributed by atoms with Crippen LogP contribution in [0, 0.1) is 5.41 Å². The lowest BCUT2D eigenvalue weighted by Gasteiger charge is -2.22. The Morgan fingerprint density at radius 1 is 1.10 bits per heavy atom. The number of nitrogens with one attached hydrogen (secondary N) is 2. The van der Waals surface area contributed by atoms with Crippen molar-refractivity contribution < 1.29 is 14.3 Å². The first-order valence-corrected chi connectivity index (χ1v) is 9.91. The summed E-state index contributed by atoms with van der Waals surface area (Å²) in [6, 6.07) is 12.2. The van der Waals surface area contributed by atoms with Crippen LogP contribution >= 0.6 is 12.4 Å². The molecule has 0 heterocycles. The number of benzene rings is 2. The largest absolute Gasteiger partial charge is 0.491 e. The van der Waals surface area contributed by atoms with E-state index in [1.807, 2.05) is 32.0 Å². The van der Waals surface area contributed by atoms with Crippen LogP contribution < -0.4 is 15.8 Å². The van der Waals surface area contributed by atoms with Crippen molar-refractivity contribution in [3.8, 4) is 5.75 Å². The molecule has 7 heteroatoms. The monoisotopic (exact) mass is 433 g/mol. The highest BCUT2D eigenvalue weighted by molar-refractivity contribution is 5.95. The summed E-state index contributed by atoms with van der Waals surface area (Å²) >= 11 is 0. The third-order valence-electron chi connectivity index (χ3n) is 4.38. The Kier molecular flexibility index (Phi) is 9.66. The van der Waals surface area contributed by atoms with E-state index in [0.717, 1.165) is 22.6 Å². The fourth-order valence-electron chi connectivity index (χ4n) is 2.98. The van der Waals surface area contributed by atoms with Crippen LogP contribution in [0.25, 0.3) is 0 Å². The molecule has 0 fully saturated rings. The van der Waals surface area contributed by atoms with Crippen molar-refractivity contribution in [2.45, 2.75) is 52.7 Å². The van der Waals surface area contributed by atoms with E-state index >= 15 is 0 Å². The summed E-state index contributed by atoms with van der Waals surface area (Å²) < 4.78 is 11.2. The van der Waals surface area contributed by atoms with Gasteiger partial charge in [-0.05, 0) is 74.2 Å². The quantitative estimate of drug-likeness (QED) is 0.293. The van der Waals surface area contributed by atoms with Gasteiger partial charge in [0.1, 0.15) is 11.6 Å². The van der Waals surface area contributed by atoms with Crippen molar-refractivity contribution in [3.63, 3.8) is 0 Å². The maximum absolute atomic E-state index is 12.7. The Morgan fingerprint density at radius 2 is 1.73 bits per heavy atom. The fraction of sp³-hybridized carbons (Fsp3) is 0.391. The average Bonchev–Trinajstić information content (AvgIpc) is 2.66. The summed E-state index contributed by atoms with van der Waals surface area (Å²) in [6.45, 7) is 10.3. The van der Waals surface area contributed by atoms with E-state index in [0.29, 0.717) is 12.2 Å². The molecule has 0 saturated carbocycles. The van der Waals surface area contributed by atoms with Crippen molar-refractivity contribution in [3.05, 3.63) is 59.2 Å². The molecule has 30 heavy (non-hydrogen) atoms. The van der Waals surface area contributed by atoms with Crippen LogP contribution in [0.15, 0.2) is 42.5 Å². The third-order valence-corrected chi connectivity index (χ3v) is 4.38. The van der Waals surface area contributed by atoms with E-state index in [9.17, 15) is 4.79 Å². The van der Waals surface area contributed by atoms with Crippen molar-refractivity contribution in [1.82, 2.24) is 0 Å². The smallest absolute Gasteiger partial charge is 0.333 e. The van der Waals surface area contributed by atoms with Gasteiger partial charge in [-0.2, -0.15) is 0 Å². The van der Waals surface area contributed by atoms with Gasteiger partial charge < -0.3 is 20.5 Å². The summed E-state index contributed by atoms with van der Waals surface area (Å²) in [6.07, 6.45) is 0.0668. The van der Waals surface area contributed by atoms with E-state index in [4.69, 9.17) is 20.6 Å². The molecule has 1 unspecified atom stereocenters. The molecular weight excluding hydrogens is 402 g/mol. The highest BCUT2D eigenvalue weighted by Gasteiger charge is 2.24. The number of hydrogen-bond acceptors (Lipinski definition) is 5. The van der Waals surface area contributed by atoms with Gasteiger partial charge >= 0.3 is 5.97 Å². The third kappa shape index (κ3) is 6.66.